The van der Waals surface area contributed by atoms with Crippen molar-refractivity contribution in [2.45, 2.75) is 26.3 Å². The molecular formula is C18H28N6O. The second kappa shape index (κ2) is 9.05. The van der Waals surface area contributed by atoms with Gasteiger partial charge in [0.05, 0.1) is 13.1 Å². The molecule has 0 spiro atoms. The number of benzene rings is 1. The second-order valence-corrected chi connectivity index (χ2v) is 6.17. The second-order valence-electron chi connectivity index (χ2n) is 6.17. The Hall–Kier alpha value is -2.57. The maximum absolute atomic E-state index is 5.94. The summed E-state index contributed by atoms with van der Waals surface area (Å²) in [5.41, 5.74) is 1.23. The Kier molecular flexibility index (Phi) is 6.80. The third kappa shape index (κ3) is 5.20. The van der Waals surface area contributed by atoms with Crippen molar-refractivity contribution < 1.29 is 4.74 Å². The summed E-state index contributed by atoms with van der Waals surface area (Å²) in [7, 11) is 5.62. The number of ether oxygens (including phenoxy) is 1. The van der Waals surface area contributed by atoms with Crippen LogP contribution in [0.5, 0.6) is 5.75 Å². The molecule has 1 N–H and O–H groups in total. The molecule has 0 bridgehead atoms. The molecular weight excluding hydrogens is 316 g/mol. The summed E-state index contributed by atoms with van der Waals surface area (Å²) in [6.07, 6.45) is 1.55. The number of rotatable bonds is 7. The van der Waals surface area contributed by atoms with Gasteiger partial charge in [-0.1, -0.05) is 32.0 Å². The van der Waals surface area contributed by atoms with Gasteiger partial charge in [-0.3, -0.25) is 9.67 Å². The third-order valence-electron chi connectivity index (χ3n) is 3.94. The molecule has 0 saturated carbocycles. The smallest absolute Gasteiger partial charge is 0.193 e. The van der Waals surface area contributed by atoms with E-state index in [9.17, 15) is 0 Å². The first-order chi connectivity index (χ1) is 12.0. The van der Waals surface area contributed by atoms with Crippen LogP contribution in [0, 0.1) is 0 Å². The fourth-order valence-corrected chi connectivity index (χ4v) is 2.55. The molecule has 1 heterocycles. The summed E-state index contributed by atoms with van der Waals surface area (Å²) < 4.78 is 7.70. The lowest BCUT2D eigenvalue weighted by molar-refractivity contribution is 0.314. The van der Waals surface area contributed by atoms with Crippen LogP contribution in [0.4, 0.5) is 0 Å². The molecule has 25 heavy (non-hydrogen) atoms. The Morgan fingerprint density at radius 3 is 2.76 bits per heavy atom. The standard InChI is InChI=1S/C18H28N6O/c1-14(2)15-8-6-7-9-16(15)25-11-10-20-18(19-3)23(4)12-17-21-13-22-24(17)5/h6-9,13-14H,10-12H2,1-5H3,(H,19,20). The summed E-state index contributed by atoms with van der Waals surface area (Å²) in [6, 6.07) is 8.18. The minimum absolute atomic E-state index is 0.439. The van der Waals surface area contributed by atoms with Crippen LogP contribution >= 0.6 is 0 Å². The van der Waals surface area contributed by atoms with Gasteiger partial charge in [-0.25, -0.2) is 4.98 Å². The highest BCUT2D eigenvalue weighted by Crippen LogP contribution is 2.25. The Bertz CT molecular complexity index is 694. The van der Waals surface area contributed by atoms with Gasteiger partial charge in [-0.2, -0.15) is 5.10 Å². The van der Waals surface area contributed by atoms with Crippen LogP contribution < -0.4 is 10.1 Å². The number of guanidine groups is 1. The number of nitrogens with zero attached hydrogens (tertiary/aromatic N) is 5. The van der Waals surface area contributed by atoms with E-state index >= 15 is 0 Å². The van der Waals surface area contributed by atoms with E-state index < -0.39 is 0 Å². The van der Waals surface area contributed by atoms with Crippen LogP contribution in [0.25, 0.3) is 0 Å². The maximum Gasteiger partial charge on any atom is 0.193 e. The van der Waals surface area contributed by atoms with Gasteiger partial charge in [0.25, 0.3) is 0 Å². The van der Waals surface area contributed by atoms with Crippen LogP contribution in [0.3, 0.4) is 0 Å². The lowest BCUT2D eigenvalue weighted by Gasteiger charge is -2.21. The number of para-hydroxylation sites is 1. The normalized spacial score (nSPS) is 11.7. The summed E-state index contributed by atoms with van der Waals surface area (Å²) in [5.74, 6) is 3.06. The van der Waals surface area contributed by atoms with Crippen LogP contribution in [-0.2, 0) is 13.6 Å². The molecule has 0 fully saturated rings. The van der Waals surface area contributed by atoms with Gasteiger partial charge in [0, 0.05) is 21.1 Å². The molecule has 0 atom stereocenters. The molecule has 0 saturated heterocycles. The molecule has 7 heteroatoms. The van der Waals surface area contributed by atoms with Gasteiger partial charge in [0.15, 0.2) is 5.96 Å². The third-order valence-corrected chi connectivity index (χ3v) is 3.94. The van der Waals surface area contributed by atoms with Crippen molar-refractivity contribution in [3.05, 3.63) is 42.0 Å². The fraction of sp³-hybridized carbons (Fsp3) is 0.500. The lowest BCUT2D eigenvalue weighted by atomic mass is 10.0. The zero-order chi connectivity index (χ0) is 18.2. The maximum atomic E-state index is 5.94. The minimum Gasteiger partial charge on any atom is -0.491 e. The highest BCUT2D eigenvalue weighted by Gasteiger charge is 2.10. The Morgan fingerprint density at radius 2 is 2.12 bits per heavy atom. The first kappa shape index (κ1) is 18.8. The number of aryl methyl sites for hydroxylation is 1. The van der Waals surface area contributed by atoms with E-state index in [0.717, 1.165) is 17.5 Å². The molecule has 1 aromatic carbocycles. The van der Waals surface area contributed by atoms with E-state index in [1.165, 1.54) is 5.56 Å². The van der Waals surface area contributed by atoms with Gasteiger partial charge >= 0.3 is 0 Å². The number of aliphatic imine (C=N–C) groups is 1. The molecule has 2 aromatic rings. The Balaban J connectivity index is 1.83. The summed E-state index contributed by atoms with van der Waals surface area (Å²) in [4.78, 5) is 10.6. The van der Waals surface area contributed by atoms with Crippen LogP contribution in [0.1, 0.15) is 31.2 Å². The Morgan fingerprint density at radius 1 is 1.36 bits per heavy atom. The molecule has 0 unspecified atom stereocenters. The van der Waals surface area contributed by atoms with Crippen molar-refractivity contribution >= 4 is 5.96 Å². The van der Waals surface area contributed by atoms with E-state index in [0.29, 0.717) is 25.6 Å². The molecule has 0 radical (unpaired) electrons. The van der Waals surface area contributed by atoms with Gasteiger partial charge in [-0.05, 0) is 17.5 Å². The predicted octanol–water partition coefficient (Wildman–Crippen LogP) is 2.02. The molecule has 0 aliphatic rings. The number of hydrogen-bond donors (Lipinski definition) is 1. The van der Waals surface area contributed by atoms with Crippen LogP contribution in [-0.4, -0.2) is 52.9 Å². The van der Waals surface area contributed by atoms with Crippen molar-refractivity contribution in [3.63, 3.8) is 0 Å². The molecule has 7 nitrogen and oxygen atoms in total. The Labute approximate surface area is 149 Å². The molecule has 2 rings (SSSR count). The van der Waals surface area contributed by atoms with Crippen molar-refractivity contribution in [1.82, 2.24) is 25.0 Å². The van der Waals surface area contributed by atoms with E-state index in [2.05, 4.69) is 40.3 Å². The zero-order valence-corrected chi connectivity index (χ0v) is 15.7. The minimum atomic E-state index is 0.439. The summed E-state index contributed by atoms with van der Waals surface area (Å²) in [5, 5.41) is 7.40. The predicted molar refractivity (Wildman–Crippen MR) is 99.9 cm³/mol. The van der Waals surface area contributed by atoms with Crippen molar-refractivity contribution in [2.75, 3.05) is 27.2 Å². The SMILES string of the molecule is CN=C(NCCOc1ccccc1C(C)C)N(C)Cc1ncnn1C. The van der Waals surface area contributed by atoms with Gasteiger partial charge < -0.3 is 15.0 Å². The highest BCUT2D eigenvalue weighted by molar-refractivity contribution is 5.79. The molecule has 136 valence electrons. The molecule has 0 aliphatic heterocycles. The average molecular weight is 344 g/mol. The van der Waals surface area contributed by atoms with E-state index in [1.807, 2.05) is 37.2 Å². The number of hydrogen-bond acceptors (Lipinski definition) is 4. The topological polar surface area (TPSA) is 67.6 Å². The monoisotopic (exact) mass is 344 g/mol. The zero-order valence-electron chi connectivity index (χ0n) is 15.7. The fourth-order valence-electron chi connectivity index (χ4n) is 2.55. The van der Waals surface area contributed by atoms with Gasteiger partial charge in [-0.15, -0.1) is 0 Å². The van der Waals surface area contributed by atoms with E-state index in [4.69, 9.17) is 4.74 Å². The number of aromatic nitrogens is 3. The average Bonchev–Trinajstić information content (AvgIpc) is 3.00. The first-order valence-corrected chi connectivity index (χ1v) is 8.49. The lowest BCUT2D eigenvalue weighted by Crippen LogP contribution is -2.40. The van der Waals surface area contributed by atoms with Crippen molar-refractivity contribution in [3.8, 4) is 5.75 Å². The number of nitrogens with one attached hydrogen (secondary N) is 1. The van der Waals surface area contributed by atoms with Crippen molar-refractivity contribution in [1.29, 1.82) is 0 Å². The molecule has 0 aliphatic carbocycles. The van der Waals surface area contributed by atoms with Gasteiger partial charge in [0.2, 0.25) is 0 Å². The first-order valence-electron chi connectivity index (χ1n) is 8.49. The van der Waals surface area contributed by atoms with E-state index in [-0.39, 0.29) is 0 Å². The summed E-state index contributed by atoms with van der Waals surface area (Å²) in [6.45, 7) is 6.21. The highest BCUT2D eigenvalue weighted by atomic mass is 16.5. The van der Waals surface area contributed by atoms with Crippen molar-refractivity contribution in [2.24, 2.45) is 12.0 Å². The van der Waals surface area contributed by atoms with E-state index in [1.54, 1.807) is 18.1 Å². The quantitative estimate of drug-likeness (QED) is 0.473. The van der Waals surface area contributed by atoms with Crippen LogP contribution in [0.15, 0.2) is 35.6 Å². The summed E-state index contributed by atoms with van der Waals surface area (Å²) >= 11 is 0. The molecule has 0 amide bonds. The van der Waals surface area contributed by atoms with Gasteiger partial charge in [0.1, 0.15) is 24.5 Å². The van der Waals surface area contributed by atoms with Crippen LogP contribution in [0.2, 0.25) is 0 Å². The largest absolute Gasteiger partial charge is 0.491 e. The molecule has 1 aromatic heterocycles.